The van der Waals surface area contributed by atoms with Crippen molar-refractivity contribution in [2.45, 2.75) is 57.9 Å². The average molecular weight is 405 g/mol. The molecule has 152 valence electrons. The fourth-order valence-electron chi connectivity index (χ4n) is 4.94. The molecule has 1 N–H and O–H groups in total. The van der Waals surface area contributed by atoms with Gasteiger partial charge in [-0.25, -0.2) is 4.39 Å². The second-order valence-corrected chi connectivity index (χ2v) is 9.15. The number of hydrogen-bond acceptors (Lipinski definition) is 2. The van der Waals surface area contributed by atoms with Crippen LogP contribution in [0.15, 0.2) is 29.8 Å². The highest BCUT2D eigenvalue weighted by molar-refractivity contribution is 6.31. The Labute approximate surface area is 172 Å². The lowest BCUT2D eigenvalue weighted by atomic mass is 9.90. The van der Waals surface area contributed by atoms with Crippen molar-refractivity contribution >= 4 is 17.5 Å². The Kier molecular flexibility index (Phi) is 6.07. The van der Waals surface area contributed by atoms with Crippen molar-refractivity contribution in [3.05, 3.63) is 46.3 Å². The highest BCUT2D eigenvalue weighted by atomic mass is 35.5. The second kappa shape index (κ2) is 8.54. The van der Waals surface area contributed by atoms with Gasteiger partial charge in [0.15, 0.2) is 0 Å². The maximum absolute atomic E-state index is 14.0. The van der Waals surface area contributed by atoms with E-state index in [1.165, 1.54) is 37.3 Å². The molecule has 5 heteroatoms. The molecule has 3 aliphatic rings. The largest absolute Gasteiger partial charge is 0.356 e. The summed E-state index contributed by atoms with van der Waals surface area (Å²) >= 11 is 6.16. The van der Waals surface area contributed by atoms with Gasteiger partial charge in [0.1, 0.15) is 5.82 Å². The van der Waals surface area contributed by atoms with Crippen LogP contribution in [0.1, 0.15) is 56.9 Å². The molecule has 0 aromatic heterocycles. The number of benzene rings is 1. The summed E-state index contributed by atoms with van der Waals surface area (Å²) in [4.78, 5) is 14.8. The van der Waals surface area contributed by atoms with E-state index in [-0.39, 0.29) is 23.1 Å². The number of hydrogen-bond donors (Lipinski definition) is 1. The van der Waals surface area contributed by atoms with Gasteiger partial charge in [-0.05, 0) is 82.0 Å². The molecule has 1 aromatic rings. The molecule has 1 aromatic carbocycles. The number of halogens is 2. The Hall–Kier alpha value is -1.39. The molecule has 4 rings (SSSR count). The first-order valence-electron chi connectivity index (χ1n) is 10.7. The van der Waals surface area contributed by atoms with E-state index in [9.17, 15) is 9.18 Å². The predicted molar refractivity (Wildman–Crippen MR) is 111 cm³/mol. The van der Waals surface area contributed by atoms with E-state index in [1.807, 2.05) is 0 Å². The first-order chi connectivity index (χ1) is 13.6. The third-order valence-electron chi connectivity index (χ3n) is 6.93. The molecule has 0 radical (unpaired) electrons. The topological polar surface area (TPSA) is 32.3 Å². The summed E-state index contributed by atoms with van der Waals surface area (Å²) in [5, 5.41) is 3.67. The molecule has 2 aliphatic carbocycles. The summed E-state index contributed by atoms with van der Waals surface area (Å²) in [6, 6.07) is 4.86. The average Bonchev–Trinajstić information content (AvgIpc) is 3.41. The van der Waals surface area contributed by atoms with Crippen molar-refractivity contribution in [1.82, 2.24) is 10.2 Å². The molecule has 1 saturated heterocycles. The molecule has 28 heavy (non-hydrogen) atoms. The van der Waals surface area contributed by atoms with Crippen LogP contribution in [0.3, 0.4) is 0 Å². The van der Waals surface area contributed by atoms with Gasteiger partial charge < -0.3 is 5.32 Å². The second-order valence-electron chi connectivity index (χ2n) is 8.74. The minimum absolute atomic E-state index is 0.173. The van der Waals surface area contributed by atoms with Gasteiger partial charge in [0, 0.05) is 29.6 Å². The zero-order valence-electron chi connectivity index (χ0n) is 16.5. The van der Waals surface area contributed by atoms with Gasteiger partial charge in [-0.3, -0.25) is 9.69 Å². The minimum Gasteiger partial charge on any atom is -0.356 e. The van der Waals surface area contributed by atoms with E-state index in [0.29, 0.717) is 17.1 Å². The number of carbonyl (C=O) groups is 1. The molecule has 1 saturated carbocycles. The molecular formula is C23H30ClFN2O. The standard InChI is InChI=1S/C23H30ClFN2O/c24-20-7-4-8-21(25)18(20)16-27-13-10-23(11-14-27)15-19(23)22(28)26-12-9-17-5-2-1-3-6-17/h4-5,7-8,19H,1-3,6,9-16H2,(H,26,28). The van der Waals surface area contributed by atoms with Crippen LogP contribution in [0.4, 0.5) is 4.39 Å². The first-order valence-corrected chi connectivity index (χ1v) is 11.1. The summed E-state index contributed by atoms with van der Waals surface area (Å²) in [6.45, 7) is 3.13. The van der Waals surface area contributed by atoms with Gasteiger partial charge in [0.2, 0.25) is 5.91 Å². The molecular weight excluding hydrogens is 375 g/mol. The lowest BCUT2D eigenvalue weighted by Crippen LogP contribution is -2.37. The van der Waals surface area contributed by atoms with Gasteiger partial charge in [-0.15, -0.1) is 0 Å². The SMILES string of the molecule is O=C(NCCC1=CCCCC1)C1CC12CCN(Cc1c(F)cccc1Cl)CC2. The zero-order valence-corrected chi connectivity index (χ0v) is 17.2. The summed E-state index contributed by atoms with van der Waals surface area (Å²) in [6.07, 6.45) is 11.4. The number of allylic oxidation sites excluding steroid dienone is 1. The maximum Gasteiger partial charge on any atom is 0.223 e. The van der Waals surface area contributed by atoms with Crippen LogP contribution in [0, 0.1) is 17.2 Å². The van der Waals surface area contributed by atoms with E-state index >= 15 is 0 Å². The highest BCUT2D eigenvalue weighted by Gasteiger charge is 2.58. The van der Waals surface area contributed by atoms with Crippen molar-refractivity contribution < 1.29 is 9.18 Å². The number of rotatable bonds is 6. The van der Waals surface area contributed by atoms with Crippen LogP contribution in [-0.4, -0.2) is 30.4 Å². The number of amides is 1. The summed E-state index contributed by atoms with van der Waals surface area (Å²) in [7, 11) is 0. The summed E-state index contributed by atoms with van der Waals surface area (Å²) in [5.74, 6) is 0.179. The van der Waals surface area contributed by atoms with E-state index < -0.39 is 0 Å². The van der Waals surface area contributed by atoms with Crippen LogP contribution >= 0.6 is 11.6 Å². The Morgan fingerprint density at radius 2 is 2.11 bits per heavy atom. The highest BCUT2D eigenvalue weighted by Crippen LogP contribution is 2.59. The third-order valence-corrected chi connectivity index (χ3v) is 7.29. The van der Waals surface area contributed by atoms with E-state index in [2.05, 4.69) is 16.3 Å². The van der Waals surface area contributed by atoms with Gasteiger partial charge in [-0.1, -0.05) is 29.3 Å². The number of nitrogens with one attached hydrogen (secondary N) is 1. The van der Waals surface area contributed by atoms with Gasteiger partial charge in [-0.2, -0.15) is 0 Å². The Morgan fingerprint density at radius 1 is 1.29 bits per heavy atom. The van der Waals surface area contributed by atoms with E-state index in [4.69, 9.17) is 11.6 Å². The monoisotopic (exact) mass is 404 g/mol. The van der Waals surface area contributed by atoms with Crippen molar-refractivity contribution in [2.24, 2.45) is 11.3 Å². The molecule has 1 heterocycles. The van der Waals surface area contributed by atoms with Crippen molar-refractivity contribution in [3.63, 3.8) is 0 Å². The molecule has 1 unspecified atom stereocenters. The molecule has 1 aliphatic heterocycles. The van der Waals surface area contributed by atoms with Crippen LogP contribution in [-0.2, 0) is 11.3 Å². The van der Waals surface area contributed by atoms with Crippen LogP contribution in [0.2, 0.25) is 5.02 Å². The number of carbonyl (C=O) groups excluding carboxylic acids is 1. The fraction of sp³-hybridized carbons (Fsp3) is 0.609. The number of nitrogens with zero attached hydrogens (tertiary/aromatic N) is 1. The van der Waals surface area contributed by atoms with Crippen LogP contribution in [0.5, 0.6) is 0 Å². The summed E-state index contributed by atoms with van der Waals surface area (Å²) < 4.78 is 14.0. The van der Waals surface area contributed by atoms with Crippen molar-refractivity contribution in [1.29, 1.82) is 0 Å². The van der Waals surface area contributed by atoms with Gasteiger partial charge in [0.05, 0.1) is 0 Å². The molecule has 1 spiro atoms. The minimum atomic E-state index is -0.232. The van der Waals surface area contributed by atoms with E-state index in [1.54, 1.807) is 12.1 Å². The summed E-state index contributed by atoms with van der Waals surface area (Å²) in [5.41, 5.74) is 2.28. The quantitative estimate of drug-likeness (QED) is 0.670. The van der Waals surface area contributed by atoms with Gasteiger partial charge in [0.25, 0.3) is 0 Å². The fourth-order valence-corrected chi connectivity index (χ4v) is 5.16. The molecule has 0 bridgehead atoms. The van der Waals surface area contributed by atoms with Crippen LogP contribution in [0.25, 0.3) is 0 Å². The van der Waals surface area contributed by atoms with Crippen LogP contribution < -0.4 is 5.32 Å². The lowest BCUT2D eigenvalue weighted by Gasteiger charge is -2.33. The van der Waals surface area contributed by atoms with E-state index in [0.717, 1.165) is 45.3 Å². The number of likely N-dealkylation sites (tertiary alicyclic amines) is 1. The maximum atomic E-state index is 14.0. The van der Waals surface area contributed by atoms with Crippen molar-refractivity contribution in [2.75, 3.05) is 19.6 Å². The smallest absolute Gasteiger partial charge is 0.223 e. The zero-order chi connectivity index (χ0) is 19.6. The first kappa shape index (κ1) is 19.9. The molecule has 1 amide bonds. The molecule has 2 fully saturated rings. The third kappa shape index (κ3) is 4.44. The normalized spacial score (nSPS) is 24.1. The predicted octanol–water partition coefficient (Wildman–Crippen LogP) is 5.09. The van der Waals surface area contributed by atoms with Crippen molar-refractivity contribution in [3.8, 4) is 0 Å². The van der Waals surface area contributed by atoms with Gasteiger partial charge >= 0.3 is 0 Å². The number of piperidine rings is 1. The lowest BCUT2D eigenvalue weighted by molar-refractivity contribution is -0.123. The Morgan fingerprint density at radius 3 is 2.82 bits per heavy atom. The Balaban J connectivity index is 1.22. The molecule has 3 nitrogen and oxygen atoms in total. The Bertz CT molecular complexity index is 735. The molecule has 1 atom stereocenters.